The minimum Gasteiger partial charge on any atom is -0.496 e. The minimum atomic E-state index is -0.645. The van der Waals surface area contributed by atoms with E-state index in [0.29, 0.717) is 17.2 Å². The van der Waals surface area contributed by atoms with Crippen LogP contribution in [0.3, 0.4) is 0 Å². The van der Waals surface area contributed by atoms with E-state index in [4.69, 9.17) is 14.2 Å². The maximum Gasteiger partial charge on any atom is 0.318 e. The number of ether oxygens (including phenoxy) is 3. The Balaban J connectivity index is 1.43. The van der Waals surface area contributed by atoms with Gasteiger partial charge in [0, 0.05) is 23.2 Å². The molecule has 1 amide bonds. The summed E-state index contributed by atoms with van der Waals surface area (Å²) in [5.74, 6) is 0.379. The molecule has 0 spiro atoms. The van der Waals surface area contributed by atoms with Gasteiger partial charge in [-0.3, -0.25) is 9.59 Å². The molecule has 0 bridgehead atoms. The average Bonchev–Trinajstić information content (AvgIpc) is 2.79. The highest BCUT2D eigenvalue weighted by molar-refractivity contribution is 5.87. The minimum absolute atomic E-state index is 0.281. The molecule has 0 unspecified atom stereocenters. The van der Waals surface area contributed by atoms with Crippen molar-refractivity contribution in [3.63, 3.8) is 0 Å². The zero-order chi connectivity index (χ0) is 20.9. The van der Waals surface area contributed by atoms with Crippen molar-refractivity contribution in [3.8, 4) is 17.2 Å². The summed E-state index contributed by atoms with van der Waals surface area (Å²) in [6, 6.07) is 22.1. The smallest absolute Gasteiger partial charge is 0.318 e. The van der Waals surface area contributed by atoms with Crippen LogP contribution in [0.4, 0.5) is 0 Å². The Bertz CT molecular complexity index is 1030. The fourth-order valence-electron chi connectivity index (χ4n) is 3.48. The van der Waals surface area contributed by atoms with Gasteiger partial charge in [0.25, 0.3) is 5.91 Å². The van der Waals surface area contributed by atoms with Gasteiger partial charge in [-0.2, -0.15) is 0 Å². The monoisotopic (exact) mass is 403 g/mol. The van der Waals surface area contributed by atoms with Crippen LogP contribution in [0.15, 0.2) is 72.8 Å². The third kappa shape index (κ3) is 3.98. The number of para-hydroxylation sites is 3. The van der Waals surface area contributed by atoms with E-state index in [9.17, 15) is 9.59 Å². The number of hydrogen-bond acceptors (Lipinski definition) is 5. The van der Waals surface area contributed by atoms with Crippen molar-refractivity contribution >= 4 is 11.9 Å². The number of fused-ring (bicyclic) bond motifs is 2. The summed E-state index contributed by atoms with van der Waals surface area (Å²) >= 11 is 0. The third-order valence-electron chi connectivity index (χ3n) is 4.93. The van der Waals surface area contributed by atoms with Crippen molar-refractivity contribution in [2.45, 2.75) is 12.5 Å². The number of carbonyl (C=O) groups excluding carboxylic acids is 2. The van der Waals surface area contributed by atoms with E-state index in [-0.39, 0.29) is 19.1 Å². The van der Waals surface area contributed by atoms with Crippen LogP contribution in [0.5, 0.6) is 17.2 Å². The molecule has 0 atom stereocenters. The number of nitrogens with one attached hydrogen (secondary N) is 1. The third-order valence-corrected chi connectivity index (χ3v) is 4.93. The molecule has 6 heteroatoms. The highest BCUT2D eigenvalue weighted by Crippen LogP contribution is 2.44. The highest BCUT2D eigenvalue weighted by atomic mass is 16.5. The lowest BCUT2D eigenvalue weighted by Gasteiger charge is -2.26. The van der Waals surface area contributed by atoms with Gasteiger partial charge in [0.15, 0.2) is 6.61 Å². The van der Waals surface area contributed by atoms with Gasteiger partial charge in [-0.1, -0.05) is 54.6 Å². The summed E-state index contributed by atoms with van der Waals surface area (Å²) in [4.78, 5) is 25.2. The maximum atomic E-state index is 12.9. The summed E-state index contributed by atoms with van der Waals surface area (Å²) in [5, 5.41) is 2.75. The van der Waals surface area contributed by atoms with Gasteiger partial charge in [-0.25, -0.2) is 0 Å². The first-order valence-electron chi connectivity index (χ1n) is 9.58. The van der Waals surface area contributed by atoms with E-state index in [1.165, 1.54) is 0 Å². The van der Waals surface area contributed by atoms with Gasteiger partial charge in [-0.05, 0) is 18.2 Å². The van der Waals surface area contributed by atoms with Crippen LogP contribution in [0, 0.1) is 0 Å². The van der Waals surface area contributed by atoms with Crippen LogP contribution >= 0.6 is 0 Å². The summed E-state index contributed by atoms with van der Waals surface area (Å²) < 4.78 is 16.5. The number of carbonyl (C=O) groups is 2. The van der Waals surface area contributed by atoms with E-state index in [1.807, 2.05) is 72.8 Å². The normalized spacial score (nSPS) is 12.2. The fourth-order valence-corrected chi connectivity index (χ4v) is 3.48. The SMILES string of the molecule is COc1ccccc1CNC(=O)COC(=O)C1c2ccccc2Oc2ccccc21. The van der Waals surface area contributed by atoms with Crippen molar-refractivity contribution < 1.29 is 23.8 Å². The number of esters is 1. The van der Waals surface area contributed by atoms with Crippen LogP contribution in [0.1, 0.15) is 22.6 Å². The molecular weight excluding hydrogens is 382 g/mol. The lowest BCUT2D eigenvalue weighted by Crippen LogP contribution is -2.30. The Morgan fingerprint density at radius 2 is 1.50 bits per heavy atom. The molecule has 1 heterocycles. The zero-order valence-corrected chi connectivity index (χ0v) is 16.5. The molecular formula is C24H21NO5. The Kier molecular flexibility index (Phi) is 5.66. The van der Waals surface area contributed by atoms with Crippen LogP contribution in [-0.4, -0.2) is 25.6 Å². The highest BCUT2D eigenvalue weighted by Gasteiger charge is 2.33. The topological polar surface area (TPSA) is 73.9 Å². The second-order valence-corrected chi connectivity index (χ2v) is 6.81. The van der Waals surface area contributed by atoms with Crippen LogP contribution in [0.25, 0.3) is 0 Å². The van der Waals surface area contributed by atoms with Gasteiger partial charge in [0.2, 0.25) is 0 Å². The molecule has 0 aromatic heterocycles. The van der Waals surface area contributed by atoms with Gasteiger partial charge in [-0.15, -0.1) is 0 Å². The maximum absolute atomic E-state index is 12.9. The van der Waals surface area contributed by atoms with E-state index >= 15 is 0 Å². The van der Waals surface area contributed by atoms with E-state index in [1.54, 1.807) is 7.11 Å². The molecule has 1 aliphatic heterocycles. The number of amides is 1. The summed E-state index contributed by atoms with van der Waals surface area (Å²) in [6.45, 7) is -0.0843. The standard InChI is InChI=1S/C24H21NO5/c1-28-19-11-5-2-8-16(19)14-25-22(26)15-29-24(27)23-17-9-3-6-12-20(17)30-21-13-7-4-10-18(21)23/h2-13,23H,14-15H2,1H3,(H,25,26). The van der Waals surface area contributed by atoms with Crippen LogP contribution in [-0.2, 0) is 20.9 Å². The molecule has 3 aromatic rings. The Labute approximate surface area is 174 Å². The number of benzene rings is 3. The van der Waals surface area contributed by atoms with Crippen molar-refractivity contribution in [2.75, 3.05) is 13.7 Å². The van der Waals surface area contributed by atoms with Crippen LogP contribution < -0.4 is 14.8 Å². The fraction of sp³-hybridized carbons (Fsp3) is 0.167. The van der Waals surface area contributed by atoms with Crippen molar-refractivity contribution in [3.05, 3.63) is 89.5 Å². The quantitative estimate of drug-likeness (QED) is 0.634. The number of rotatable bonds is 6. The first-order chi connectivity index (χ1) is 14.7. The van der Waals surface area contributed by atoms with E-state index in [0.717, 1.165) is 16.7 Å². The summed E-state index contributed by atoms with van der Waals surface area (Å²) in [7, 11) is 1.58. The second kappa shape index (κ2) is 8.69. The summed E-state index contributed by atoms with van der Waals surface area (Å²) in [6.07, 6.45) is 0. The first kappa shape index (κ1) is 19.5. The molecule has 6 nitrogen and oxygen atoms in total. The molecule has 4 rings (SSSR count). The van der Waals surface area contributed by atoms with Crippen molar-refractivity contribution in [1.82, 2.24) is 5.32 Å². The molecule has 0 aliphatic carbocycles. The lowest BCUT2D eigenvalue weighted by atomic mass is 9.88. The second-order valence-electron chi connectivity index (χ2n) is 6.81. The summed E-state index contributed by atoms with van der Waals surface area (Å²) in [5.41, 5.74) is 2.28. The molecule has 152 valence electrons. The number of hydrogen-bond donors (Lipinski definition) is 1. The van der Waals surface area contributed by atoms with Crippen LogP contribution in [0.2, 0.25) is 0 Å². The van der Waals surface area contributed by atoms with Gasteiger partial charge >= 0.3 is 5.97 Å². The van der Waals surface area contributed by atoms with Crippen molar-refractivity contribution in [2.24, 2.45) is 0 Å². The lowest BCUT2D eigenvalue weighted by molar-refractivity contribution is -0.149. The van der Waals surface area contributed by atoms with Gasteiger partial charge in [0.05, 0.1) is 7.11 Å². The Morgan fingerprint density at radius 3 is 2.17 bits per heavy atom. The molecule has 1 N–H and O–H groups in total. The first-order valence-corrected chi connectivity index (χ1v) is 9.58. The Morgan fingerprint density at radius 1 is 0.900 bits per heavy atom. The predicted octanol–water partition coefficient (Wildman–Crippen LogP) is 3.79. The van der Waals surface area contributed by atoms with Gasteiger partial charge < -0.3 is 19.5 Å². The Hall–Kier alpha value is -3.80. The average molecular weight is 403 g/mol. The molecule has 0 fully saturated rings. The molecule has 1 aliphatic rings. The molecule has 0 radical (unpaired) electrons. The largest absolute Gasteiger partial charge is 0.496 e. The molecule has 3 aromatic carbocycles. The molecule has 0 saturated heterocycles. The van der Waals surface area contributed by atoms with E-state index < -0.39 is 11.9 Å². The molecule has 0 saturated carbocycles. The molecule has 30 heavy (non-hydrogen) atoms. The van der Waals surface area contributed by atoms with Crippen molar-refractivity contribution in [1.29, 1.82) is 0 Å². The zero-order valence-electron chi connectivity index (χ0n) is 16.5. The number of methoxy groups -OCH3 is 1. The van der Waals surface area contributed by atoms with Gasteiger partial charge in [0.1, 0.15) is 23.2 Å². The predicted molar refractivity (Wildman–Crippen MR) is 111 cm³/mol. The van der Waals surface area contributed by atoms with E-state index in [2.05, 4.69) is 5.32 Å².